The highest BCUT2D eigenvalue weighted by Gasteiger charge is 2.08. The maximum atomic E-state index is 8.94. The molecule has 0 atom stereocenters. The van der Waals surface area contributed by atoms with E-state index in [2.05, 4.69) is 53.8 Å². The SMILES string of the molecule is CCCc1cccc(NC)c1OCc1cccs1.NNC=O. The molecule has 0 spiro atoms. The highest BCUT2D eigenvalue weighted by Crippen LogP contribution is 2.30. The van der Waals surface area contributed by atoms with Gasteiger partial charge in [-0.3, -0.25) is 10.2 Å². The standard InChI is InChI=1S/C15H19NOS.CH4N2O/c1-3-6-12-7-4-9-14(16-2)15(12)17-11-13-8-5-10-18-13;2-3-1-4/h4-5,7-10,16H,3,6,11H2,1-2H3;1H,2H2,(H,3,4). The Morgan fingerprint density at radius 1 is 1.32 bits per heavy atom. The summed E-state index contributed by atoms with van der Waals surface area (Å²) in [6.45, 7) is 2.84. The molecule has 0 fully saturated rings. The number of thiophene rings is 1. The van der Waals surface area contributed by atoms with Crippen LogP contribution in [0, 0.1) is 0 Å². The summed E-state index contributed by atoms with van der Waals surface area (Å²) in [5.41, 5.74) is 4.10. The molecule has 5 nitrogen and oxygen atoms in total. The van der Waals surface area contributed by atoms with E-state index in [9.17, 15) is 0 Å². The van der Waals surface area contributed by atoms with Gasteiger partial charge in [-0.2, -0.15) is 0 Å². The van der Waals surface area contributed by atoms with Crippen LogP contribution in [0.3, 0.4) is 0 Å². The van der Waals surface area contributed by atoms with Crippen molar-refractivity contribution < 1.29 is 9.53 Å². The molecular weight excluding hydrogens is 298 g/mol. The van der Waals surface area contributed by atoms with Crippen LogP contribution in [0.2, 0.25) is 0 Å². The van der Waals surface area contributed by atoms with Crippen LogP contribution in [0.5, 0.6) is 5.75 Å². The number of rotatable bonds is 7. The first-order chi connectivity index (χ1) is 10.8. The molecule has 22 heavy (non-hydrogen) atoms. The molecule has 0 aliphatic rings. The van der Waals surface area contributed by atoms with Gasteiger partial charge in [0.1, 0.15) is 12.4 Å². The maximum absolute atomic E-state index is 8.94. The summed E-state index contributed by atoms with van der Waals surface area (Å²) >= 11 is 1.73. The number of carbonyl (C=O) groups excluding carboxylic acids is 1. The zero-order chi connectivity index (χ0) is 16.2. The topological polar surface area (TPSA) is 76.4 Å². The fourth-order valence-corrected chi connectivity index (χ4v) is 2.57. The van der Waals surface area contributed by atoms with E-state index in [4.69, 9.17) is 9.53 Å². The monoisotopic (exact) mass is 321 g/mol. The number of nitrogens with one attached hydrogen (secondary N) is 2. The molecule has 6 heteroatoms. The van der Waals surface area contributed by atoms with Crippen molar-refractivity contribution in [3.63, 3.8) is 0 Å². The Balaban J connectivity index is 0.000000541. The van der Waals surface area contributed by atoms with Crippen molar-refractivity contribution in [3.05, 3.63) is 46.2 Å². The summed E-state index contributed by atoms with van der Waals surface area (Å²) in [6.07, 6.45) is 2.58. The van der Waals surface area contributed by atoms with Crippen molar-refractivity contribution >= 4 is 23.4 Å². The summed E-state index contributed by atoms with van der Waals surface area (Å²) in [5, 5.41) is 5.28. The Bertz CT molecular complexity index is 544. The second-order valence-corrected chi connectivity index (χ2v) is 5.48. The fraction of sp³-hybridized carbons (Fsp3) is 0.312. The van der Waals surface area contributed by atoms with Gasteiger partial charge in [-0.1, -0.05) is 31.5 Å². The molecule has 0 aliphatic heterocycles. The van der Waals surface area contributed by atoms with Crippen molar-refractivity contribution in [3.8, 4) is 5.75 Å². The maximum Gasteiger partial charge on any atom is 0.221 e. The lowest BCUT2D eigenvalue weighted by molar-refractivity contribution is -0.109. The Morgan fingerprint density at radius 3 is 2.64 bits per heavy atom. The molecule has 120 valence electrons. The quantitative estimate of drug-likeness (QED) is 0.317. The van der Waals surface area contributed by atoms with Gasteiger partial charge in [-0.05, 0) is 29.5 Å². The second kappa shape index (κ2) is 10.6. The molecule has 1 heterocycles. The third kappa shape index (κ3) is 5.75. The minimum absolute atomic E-state index is 0.403. The van der Waals surface area contributed by atoms with Crippen molar-refractivity contribution in [1.82, 2.24) is 5.43 Å². The molecular formula is C16H23N3O2S. The van der Waals surface area contributed by atoms with Crippen LogP contribution in [0.1, 0.15) is 23.8 Å². The molecule has 0 bridgehead atoms. The van der Waals surface area contributed by atoms with Crippen LogP contribution in [0.15, 0.2) is 35.7 Å². The van der Waals surface area contributed by atoms with Gasteiger partial charge in [0, 0.05) is 11.9 Å². The number of benzene rings is 1. The molecule has 0 saturated carbocycles. The van der Waals surface area contributed by atoms with E-state index >= 15 is 0 Å². The number of ether oxygens (including phenoxy) is 1. The highest BCUT2D eigenvalue weighted by atomic mass is 32.1. The first-order valence-electron chi connectivity index (χ1n) is 7.11. The first-order valence-corrected chi connectivity index (χ1v) is 7.99. The summed E-state index contributed by atoms with van der Waals surface area (Å²) < 4.78 is 6.00. The van der Waals surface area contributed by atoms with Crippen LogP contribution in [-0.2, 0) is 17.8 Å². The van der Waals surface area contributed by atoms with Crippen LogP contribution in [-0.4, -0.2) is 13.5 Å². The summed E-state index contributed by atoms with van der Waals surface area (Å²) in [5.74, 6) is 5.41. The lowest BCUT2D eigenvalue weighted by Crippen LogP contribution is -2.18. The molecule has 2 aromatic rings. The molecule has 4 N–H and O–H groups in total. The average Bonchev–Trinajstić information content (AvgIpc) is 3.07. The van der Waals surface area contributed by atoms with Gasteiger partial charge in [0.25, 0.3) is 0 Å². The number of amides is 1. The Labute approximate surface area is 135 Å². The molecule has 0 aliphatic carbocycles. The van der Waals surface area contributed by atoms with Crippen molar-refractivity contribution in [1.29, 1.82) is 0 Å². The van der Waals surface area contributed by atoms with Crippen LogP contribution in [0.25, 0.3) is 0 Å². The first kappa shape index (κ1) is 18.0. The van der Waals surface area contributed by atoms with E-state index in [1.165, 1.54) is 10.4 Å². The molecule has 0 saturated heterocycles. The van der Waals surface area contributed by atoms with E-state index in [-0.39, 0.29) is 0 Å². The number of carbonyl (C=O) groups is 1. The second-order valence-electron chi connectivity index (χ2n) is 4.45. The predicted octanol–water partition coefficient (Wildman–Crippen LogP) is 2.93. The predicted molar refractivity (Wildman–Crippen MR) is 92.0 cm³/mol. The molecule has 0 unspecified atom stereocenters. The number of nitrogens with two attached hydrogens (primary N) is 1. The highest BCUT2D eigenvalue weighted by molar-refractivity contribution is 7.09. The van der Waals surface area contributed by atoms with Gasteiger partial charge >= 0.3 is 0 Å². The minimum Gasteiger partial charge on any atom is -0.486 e. The van der Waals surface area contributed by atoms with E-state index in [1.54, 1.807) is 16.8 Å². The summed E-state index contributed by atoms with van der Waals surface area (Å²) in [7, 11) is 1.93. The van der Waals surface area contributed by atoms with Crippen molar-refractivity contribution in [2.45, 2.75) is 26.4 Å². The number of aryl methyl sites for hydroxylation is 1. The zero-order valence-electron chi connectivity index (χ0n) is 13.0. The number of hydrogen-bond donors (Lipinski definition) is 3. The van der Waals surface area contributed by atoms with Gasteiger partial charge in [-0.15, -0.1) is 11.3 Å². The molecule has 1 aromatic heterocycles. The smallest absolute Gasteiger partial charge is 0.221 e. The largest absolute Gasteiger partial charge is 0.486 e. The van der Waals surface area contributed by atoms with E-state index < -0.39 is 0 Å². The Kier molecular flexibility index (Phi) is 8.71. The van der Waals surface area contributed by atoms with Crippen LogP contribution < -0.4 is 21.3 Å². The van der Waals surface area contributed by atoms with Crippen LogP contribution in [0.4, 0.5) is 5.69 Å². The van der Waals surface area contributed by atoms with Gasteiger partial charge in [0.2, 0.25) is 6.41 Å². The summed E-state index contributed by atoms with van der Waals surface area (Å²) in [4.78, 5) is 10.2. The van der Waals surface area contributed by atoms with E-state index in [0.717, 1.165) is 24.3 Å². The zero-order valence-corrected chi connectivity index (χ0v) is 13.8. The Hall–Kier alpha value is -2.05. The molecule has 0 radical (unpaired) electrons. The Morgan fingerprint density at radius 2 is 2.09 bits per heavy atom. The molecule has 1 amide bonds. The lowest BCUT2D eigenvalue weighted by atomic mass is 10.1. The van der Waals surface area contributed by atoms with Gasteiger partial charge in [0.05, 0.1) is 5.69 Å². The van der Waals surface area contributed by atoms with Gasteiger partial charge < -0.3 is 10.1 Å². The third-order valence-corrected chi connectivity index (χ3v) is 3.74. The number of hydrogen-bond acceptors (Lipinski definition) is 5. The van der Waals surface area contributed by atoms with Gasteiger partial charge in [0.15, 0.2) is 0 Å². The minimum atomic E-state index is 0.403. The fourth-order valence-electron chi connectivity index (χ4n) is 1.96. The van der Waals surface area contributed by atoms with E-state index in [0.29, 0.717) is 13.0 Å². The number of para-hydroxylation sites is 1. The number of hydrazine groups is 1. The summed E-state index contributed by atoms with van der Waals surface area (Å²) in [6, 6.07) is 10.4. The van der Waals surface area contributed by atoms with Gasteiger partial charge in [-0.25, -0.2) is 5.84 Å². The molecule has 1 aromatic carbocycles. The normalized spacial score (nSPS) is 9.41. The van der Waals surface area contributed by atoms with E-state index in [1.807, 2.05) is 7.05 Å². The van der Waals surface area contributed by atoms with Crippen molar-refractivity contribution in [2.75, 3.05) is 12.4 Å². The third-order valence-electron chi connectivity index (χ3n) is 2.89. The number of anilines is 1. The average molecular weight is 321 g/mol. The van der Waals surface area contributed by atoms with Crippen molar-refractivity contribution in [2.24, 2.45) is 5.84 Å². The molecule has 2 rings (SSSR count). The van der Waals surface area contributed by atoms with Crippen LogP contribution >= 0.6 is 11.3 Å². The lowest BCUT2D eigenvalue weighted by Gasteiger charge is -2.15.